The fourth-order valence-corrected chi connectivity index (χ4v) is 1.90. The van der Waals surface area contributed by atoms with Crippen LogP contribution in [0.1, 0.15) is 6.92 Å². The molecule has 0 radical (unpaired) electrons. The van der Waals surface area contributed by atoms with Gasteiger partial charge in [-0.05, 0) is 6.07 Å². The molecule has 2 aromatic heterocycles. The van der Waals surface area contributed by atoms with Crippen LogP contribution in [0.5, 0.6) is 0 Å². The highest BCUT2D eigenvalue weighted by Gasteiger charge is 2.15. The molecule has 74 valence electrons. The average molecular weight is 211 g/mol. The second-order valence-corrected chi connectivity index (χ2v) is 5.03. The third-order valence-electron chi connectivity index (χ3n) is 1.91. The summed E-state index contributed by atoms with van der Waals surface area (Å²) in [5, 5.41) is 4.00. The second-order valence-electron chi connectivity index (χ2n) is 2.81. The number of sulfone groups is 1. The molecule has 0 saturated carbocycles. The zero-order chi connectivity index (χ0) is 10.2. The Morgan fingerprint density at radius 1 is 1.50 bits per heavy atom. The van der Waals surface area contributed by atoms with E-state index in [2.05, 4.69) is 10.1 Å². The predicted molar refractivity (Wildman–Crippen MR) is 50.7 cm³/mol. The SMILES string of the molecule is CCS(=O)(=O)c1cc2ncccn2n1. The van der Waals surface area contributed by atoms with Crippen molar-refractivity contribution < 1.29 is 8.42 Å². The van der Waals surface area contributed by atoms with Crippen molar-refractivity contribution in [2.24, 2.45) is 0 Å². The molecule has 2 rings (SSSR count). The molecule has 6 heteroatoms. The van der Waals surface area contributed by atoms with Crippen LogP contribution in [-0.4, -0.2) is 28.8 Å². The Kier molecular flexibility index (Phi) is 1.99. The van der Waals surface area contributed by atoms with E-state index in [-0.39, 0.29) is 10.8 Å². The largest absolute Gasteiger partial charge is 0.237 e. The number of hydrogen-bond acceptors (Lipinski definition) is 4. The summed E-state index contributed by atoms with van der Waals surface area (Å²) < 4.78 is 24.4. The van der Waals surface area contributed by atoms with Crippen molar-refractivity contribution in [3.05, 3.63) is 24.5 Å². The van der Waals surface area contributed by atoms with Gasteiger partial charge in [-0.3, -0.25) is 0 Å². The zero-order valence-electron chi connectivity index (χ0n) is 7.58. The molecule has 0 aromatic carbocycles. The van der Waals surface area contributed by atoms with Crippen LogP contribution in [0.25, 0.3) is 5.65 Å². The summed E-state index contributed by atoms with van der Waals surface area (Å²) in [7, 11) is -3.23. The minimum absolute atomic E-state index is 0.0525. The molecule has 0 spiro atoms. The van der Waals surface area contributed by atoms with E-state index in [1.807, 2.05) is 0 Å². The first kappa shape index (κ1) is 9.14. The van der Waals surface area contributed by atoms with Gasteiger partial charge in [0.15, 0.2) is 20.5 Å². The second kappa shape index (κ2) is 3.06. The van der Waals surface area contributed by atoms with Gasteiger partial charge in [0, 0.05) is 18.5 Å². The van der Waals surface area contributed by atoms with Crippen LogP contribution in [0.15, 0.2) is 29.6 Å². The van der Waals surface area contributed by atoms with Crippen molar-refractivity contribution in [3.63, 3.8) is 0 Å². The Bertz CT molecular complexity index is 526. The maximum absolute atomic E-state index is 11.5. The minimum Gasteiger partial charge on any atom is -0.237 e. The van der Waals surface area contributed by atoms with Crippen LogP contribution in [-0.2, 0) is 9.84 Å². The minimum atomic E-state index is -3.23. The van der Waals surface area contributed by atoms with E-state index >= 15 is 0 Å². The molecule has 2 aromatic rings. The summed E-state index contributed by atoms with van der Waals surface area (Å²) in [5.41, 5.74) is 0.541. The van der Waals surface area contributed by atoms with Gasteiger partial charge in [0.2, 0.25) is 0 Å². The lowest BCUT2D eigenvalue weighted by molar-refractivity contribution is 0.592. The lowest BCUT2D eigenvalue weighted by Gasteiger charge is -1.92. The van der Waals surface area contributed by atoms with E-state index in [9.17, 15) is 8.42 Å². The molecule has 0 bridgehead atoms. The van der Waals surface area contributed by atoms with Gasteiger partial charge in [0.1, 0.15) is 0 Å². The van der Waals surface area contributed by atoms with Crippen LogP contribution in [0.2, 0.25) is 0 Å². The maximum atomic E-state index is 11.5. The molecule has 0 aliphatic carbocycles. The zero-order valence-corrected chi connectivity index (χ0v) is 8.40. The molecule has 0 amide bonds. The average Bonchev–Trinajstić information content (AvgIpc) is 2.61. The van der Waals surface area contributed by atoms with Crippen LogP contribution in [0.3, 0.4) is 0 Å². The predicted octanol–water partition coefficient (Wildman–Crippen LogP) is 0.523. The number of aromatic nitrogens is 3. The smallest absolute Gasteiger partial charge is 0.197 e. The van der Waals surface area contributed by atoms with Gasteiger partial charge in [-0.2, -0.15) is 5.10 Å². The highest BCUT2D eigenvalue weighted by molar-refractivity contribution is 7.91. The highest BCUT2D eigenvalue weighted by atomic mass is 32.2. The van der Waals surface area contributed by atoms with Crippen molar-refractivity contribution >= 4 is 15.5 Å². The molecule has 0 fully saturated rings. The summed E-state index contributed by atoms with van der Waals surface area (Å²) in [5.74, 6) is 0.0525. The molecule has 0 saturated heterocycles. The topological polar surface area (TPSA) is 64.3 Å². The Morgan fingerprint density at radius 2 is 2.29 bits per heavy atom. The lowest BCUT2D eigenvalue weighted by Crippen LogP contribution is -2.04. The fraction of sp³-hybridized carbons (Fsp3) is 0.250. The van der Waals surface area contributed by atoms with Gasteiger partial charge in [-0.15, -0.1) is 0 Å². The first-order valence-corrected chi connectivity index (χ1v) is 5.82. The van der Waals surface area contributed by atoms with Crippen molar-refractivity contribution in [2.75, 3.05) is 5.75 Å². The lowest BCUT2D eigenvalue weighted by atomic mass is 10.6. The number of fused-ring (bicyclic) bond motifs is 1. The quantitative estimate of drug-likeness (QED) is 0.726. The first-order chi connectivity index (χ1) is 6.63. The standard InChI is InChI=1S/C8H9N3O2S/c1-2-14(12,13)8-6-7-9-4-3-5-11(7)10-8/h3-6H,2H2,1H3. The number of rotatable bonds is 2. The summed E-state index contributed by atoms with van der Waals surface area (Å²) in [6, 6.07) is 3.17. The van der Waals surface area contributed by atoms with Crippen LogP contribution in [0.4, 0.5) is 0 Å². The normalized spacial score (nSPS) is 12.1. The third-order valence-corrected chi connectivity index (χ3v) is 3.51. The summed E-state index contributed by atoms with van der Waals surface area (Å²) >= 11 is 0. The molecule has 0 unspecified atom stereocenters. The van der Waals surface area contributed by atoms with Gasteiger partial charge in [0.05, 0.1) is 5.75 Å². The number of hydrogen-bond donors (Lipinski definition) is 0. The van der Waals surface area contributed by atoms with Crippen LogP contribution in [0, 0.1) is 0 Å². The van der Waals surface area contributed by atoms with E-state index in [0.29, 0.717) is 5.65 Å². The van der Waals surface area contributed by atoms with Crippen molar-refractivity contribution in [2.45, 2.75) is 11.9 Å². The van der Waals surface area contributed by atoms with Crippen LogP contribution >= 0.6 is 0 Å². The molecule has 5 nitrogen and oxygen atoms in total. The molecule has 0 atom stereocenters. The Labute approximate surface area is 81.3 Å². The van der Waals surface area contributed by atoms with Crippen molar-refractivity contribution in [3.8, 4) is 0 Å². The Balaban J connectivity index is 2.67. The molecule has 0 N–H and O–H groups in total. The number of nitrogens with zero attached hydrogens (tertiary/aromatic N) is 3. The summed E-state index contributed by atoms with van der Waals surface area (Å²) in [4.78, 5) is 3.99. The van der Waals surface area contributed by atoms with Crippen molar-refractivity contribution in [1.82, 2.24) is 14.6 Å². The Morgan fingerprint density at radius 3 is 2.93 bits per heavy atom. The van der Waals surface area contributed by atoms with Gasteiger partial charge in [0.25, 0.3) is 0 Å². The van der Waals surface area contributed by atoms with Gasteiger partial charge in [-0.1, -0.05) is 6.92 Å². The van der Waals surface area contributed by atoms with Gasteiger partial charge < -0.3 is 0 Å². The van der Waals surface area contributed by atoms with Gasteiger partial charge in [-0.25, -0.2) is 17.9 Å². The van der Waals surface area contributed by atoms with Gasteiger partial charge >= 0.3 is 0 Å². The third kappa shape index (κ3) is 1.37. The molecule has 2 heterocycles. The molecular formula is C8H9N3O2S. The highest BCUT2D eigenvalue weighted by Crippen LogP contribution is 2.10. The summed E-state index contributed by atoms with van der Waals surface area (Å²) in [6.07, 6.45) is 3.26. The van der Waals surface area contributed by atoms with Crippen molar-refractivity contribution in [1.29, 1.82) is 0 Å². The van der Waals surface area contributed by atoms with Crippen LogP contribution < -0.4 is 0 Å². The van der Waals surface area contributed by atoms with E-state index < -0.39 is 9.84 Å². The van der Waals surface area contributed by atoms with E-state index in [0.717, 1.165) is 0 Å². The monoisotopic (exact) mass is 211 g/mol. The fourth-order valence-electron chi connectivity index (χ4n) is 1.11. The molecule has 14 heavy (non-hydrogen) atoms. The maximum Gasteiger partial charge on any atom is 0.197 e. The molecule has 0 aliphatic heterocycles. The van der Waals surface area contributed by atoms with E-state index in [4.69, 9.17) is 0 Å². The van der Waals surface area contributed by atoms with E-state index in [1.165, 1.54) is 10.6 Å². The molecular weight excluding hydrogens is 202 g/mol. The summed E-state index contributed by atoms with van der Waals surface area (Å²) in [6.45, 7) is 1.59. The Hall–Kier alpha value is -1.43. The van der Waals surface area contributed by atoms with E-state index in [1.54, 1.807) is 25.4 Å². The first-order valence-electron chi connectivity index (χ1n) is 4.16. The molecule has 0 aliphatic rings.